The summed E-state index contributed by atoms with van der Waals surface area (Å²) in [6, 6.07) is 13.8. The van der Waals surface area contributed by atoms with E-state index in [1.807, 2.05) is 30.3 Å². The van der Waals surface area contributed by atoms with E-state index in [-0.39, 0.29) is 12.7 Å². The number of carbonyl (C=O) groups excluding carboxylic acids is 2. The fraction of sp³-hybridized carbons (Fsp3) is 0.333. The number of piperazine rings is 1. The fourth-order valence-corrected chi connectivity index (χ4v) is 3.51. The van der Waals surface area contributed by atoms with Crippen molar-refractivity contribution in [1.29, 1.82) is 0 Å². The molecule has 4 rings (SSSR count). The molecule has 1 fully saturated rings. The molecule has 0 aromatic heterocycles. The van der Waals surface area contributed by atoms with Gasteiger partial charge in [0.25, 0.3) is 5.91 Å². The number of nitrogens with one attached hydrogen (secondary N) is 1. The van der Waals surface area contributed by atoms with Crippen molar-refractivity contribution < 1.29 is 24.2 Å². The number of benzene rings is 2. The van der Waals surface area contributed by atoms with Gasteiger partial charge < -0.3 is 29.7 Å². The van der Waals surface area contributed by atoms with Crippen LogP contribution < -0.4 is 19.7 Å². The molecule has 2 aliphatic heterocycles. The molecule has 2 N–H and O–H groups in total. The Balaban J connectivity index is 1.35. The molecule has 8 nitrogen and oxygen atoms in total. The first-order chi connectivity index (χ1) is 14.2. The number of hydrogen-bond donors (Lipinski definition) is 2. The van der Waals surface area contributed by atoms with Crippen LogP contribution in [-0.2, 0) is 4.79 Å². The van der Waals surface area contributed by atoms with Crippen LogP contribution in [0.25, 0.3) is 0 Å². The van der Waals surface area contributed by atoms with Crippen molar-refractivity contribution in [2.45, 2.75) is 6.04 Å². The number of anilines is 1. The van der Waals surface area contributed by atoms with Crippen LogP contribution >= 0.6 is 0 Å². The van der Waals surface area contributed by atoms with E-state index in [1.54, 1.807) is 23.1 Å². The maximum atomic E-state index is 12.8. The number of ether oxygens (including phenoxy) is 2. The summed E-state index contributed by atoms with van der Waals surface area (Å²) in [5.41, 5.74) is 1.46. The van der Waals surface area contributed by atoms with Gasteiger partial charge in [-0.15, -0.1) is 0 Å². The molecule has 8 heteroatoms. The van der Waals surface area contributed by atoms with Crippen molar-refractivity contribution in [2.24, 2.45) is 0 Å². The van der Waals surface area contributed by atoms with Crippen molar-refractivity contribution in [3.05, 3.63) is 54.1 Å². The monoisotopic (exact) mass is 397 g/mol. The fourth-order valence-electron chi connectivity index (χ4n) is 3.51. The van der Waals surface area contributed by atoms with Gasteiger partial charge >= 0.3 is 0 Å². The molecule has 2 amide bonds. The molecule has 29 heavy (non-hydrogen) atoms. The van der Waals surface area contributed by atoms with Crippen molar-refractivity contribution in [2.75, 3.05) is 44.5 Å². The second-order valence-corrected chi connectivity index (χ2v) is 6.92. The van der Waals surface area contributed by atoms with Crippen molar-refractivity contribution in [1.82, 2.24) is 10.2 Å². The normalized spacial score (nSPS) is 16.4. The van der Waals surface area contributed by atoms with Crippen LogP contribution in [0.15, 0.2) is 48.5 Å². The van der Waals surface area contributed by atoms with Crippen LogP contribution in [0.4, 0.5) is 5.69 Å². The number of aliphatic hydroxyl groups is 1. The highest BCUT2D eigenvalue weighted by Crippen LogP contribution is 2.32. The van der Waals surface area contributed by atoms with E-state index < -0.39 is 18.6 Å². The molecule has 1 saturated heterocycles. The Hall–Kier alpha value is -3.26. The number of nitrogens with zero attached hydrogens (tertiary/aromatic N) is 2. The third kappa shape index (κ3) is 4.12. The Kier molecular flexibility index (Phi) is 5.53. The largest absolute Gasteiger partial charge is 0.454 e. The minimum Gasteiger partial charge on any atom is -0.454 e. The summed E-state index contributed by atoms with van der Waals surface area (Å²) in [4.78, 5) is 29.2. The Bertz CT molecular complexity index is 881. The molecule has 0 bridgehead atoms. The van der Waals surface area contributed by atoms with Gasteiger partial charge in [-0.2, -0.15) is 0 Å². The number of fused-ring (bicyclic) bond motifs is 1. The van der Waals surface area contributed by atoms with E-state index >= 15 is 0 Å². The summed E-state index contributed by atoms with van der Waals surface area (Å²) in [6.45, 7) is 2.11. The lowest BCUT2D eigenvalue weighted by Crippen LogP contribution is -2.56. The first-order valence-corrected chi connectivity index (χ1v) is 9.56. The average molecular weight is 397 g/mol. The molecule has 2 aromatic carbocycles. The van der Waals surface area contributed by atoms with Gasteiger partial charge in [0.15, 0.2) is 11.5 Å². The summed E-state index contributed by atoms with van der Waals surface area (Å²) in [6.07, 6.45) is 0. The predicted molar refractivity (Wildman–Crippen MR) is 106 cm³/mol. The van der Waals surface area contributed by atoms with Crippen LogP contribution in [0, 0.1) is 0 Å². The van der Waals surface area contributed by atoms with Gasteiger partial charge in [-0.3, -0.25) is 9.59 Å². The van der Waals surface area contributed by atoms with Crippen LogP contribution in [-0.4, -0.2) is 67.4 Å². The summed E-state index contributed by atoms with van der Waals surface area (Å²) in [5, 5.41) is 12.3. The van der Waals surface area contributed by atoms with Gasteiger partial charge in [0.2, 0.25) is 12.7 Å². The molecule has 0 unspecified atom stereocenters. The van der Waals surface area contributed by atoms with Gasteiger partial charge in [-0.1, -0.05) is 18.2 Å². The van der Waals surface area contributed by atoms with Gasteiger partial charge in [-0.05, 0) is 30.3 Å². The van der Waals surface area contributed by atoms with E-state index in [0.29, 0.717) is 43.2 Å². The first-order valence-electron chi connectivity index (χ1n) is 9.56. The molecular weight excluding hydrogens is 374 g/mol. The lowest BCUT2D eigenvalue weighted by atomic mass is 10.1. The van der Waals surface area contributed by atoms with Crippen molar-refractivity contribution >= 4 is 17.5 Å². The Morgan fingerprint density at radius 1 is 1.00 bits per heavy atom. The number of rotatable bonds is 5. The molecular formula is C21H23N3O5. The summed E-state index contributed by atoms with van der Waals surface area (Å²) >= 11 is 0. The first kappa shape index (κ1) is 19.1. The summed E-state index contributed by atoms with van der Waals surface area (Å²) < 4.78 is 10.5. The minimum absolute atomic E-state index is 0.118. The topological polar surface area (TPSA) is 91.3 Å². The van der Waals surface area contributed by atoms with Crippen molar-refractivity contribution in [3.63, 3.8) is 0 Å². The van der Waals surface area contributed by atoms with Crippen molar-refractivity contribution in [3.8, 4) is 11.5 Å². The van der Waals surface area contributed by atoms with Crippen LogP contribution in [0.3, 0.4) is 0 Å². The highest BCUT2D eigenvalue weighted by Gasteiger charge is 2.29. The summed E-state index contributed by atoms with van der Waals surface area (Å²) in [5.74, 6) is 0.335. The molecule has 2 aliphatic rings. The highest BCUT2D eigenvalue weighted by atomic mass is 16.7. The van der Waals surface area contributed by atoms with E-state index in [2.05, 4.69) is 10.2 Å². The zero-order chi connectivity index (χ0) is 20.2. The zero-order valence-electron chi connectivity index (χ0n) is 15.9. The number of amides is 2. The lowest BCUT2D eigenvalue weighted by Gasteiger charge is -2.37. The lowest BCUT2D eigenvalue weighted by molar-refractivity contribution is -0.134. The maximum Gasteiger partial charge on any atom is 0.252 e. The number of carbonyl (C=O) groups is 2. The van der Waals surface area contributed by atoms with Crippen LogP contribution in [0.2, 0.25) is 0 Å². The molecule has 0 saturated carbocycles. The van der Waals surface area contributed by atoms with Gasteiger partial charge in [0.1, 0.15) is 6.04 Å². The molecule has 2 heterocycles. The quantitative estimate of drug-likeness (QED) is 0.778. The Morgan fingerprint density at radius 2 is 1.72 bits per heavy atom. The predicted octanol–water partition coefficient (Wildman–Crippen LogP) is 0.855. The molecule has 2 aromatic rings. The van der Waals surface area contributed by atoms with Gasteiger partial charge in [-0.25, -0.2) is 0 Å². The standard InChI is InChI=1S/C21H23N3O5/c25-13-17(22-20(26)15-6-7-18-19(12-15)29-14-28-18)21(27)24-10-8-23(9-11-24)16-4-2-1-3-5-16/h1-7,12,17,25H,8-11,13-14H2,(H,22,26)/t17-/m0/s1. The third-order valence-corrected chi connectivity index (χ3v) is 5.13. The highest BCUT2D eigenvalue weighted by molar-refractivity contribution is 5.98. The number of hydrogen-bond acceptors (Lipinski definition) is 6. The SMILES string of the molecule is O=C(N[C@@H](CO)C(=O)N1CCN(c2ccccc2)CC1)c1ccc2c(c1)OCO2. The van der Waals surface area contributed by atoms with E-state index in [4.69, 9.17) is 9.47 Å². The zero-order valence-corrected chi connectivity index (χ0v) is 15.9. The van der Waals surface area contributed by atoms with Gasteiger partial charge in [0, 0.05) is 37.4 Å². The Labute approximate surface area is 168 Å². The molecule has 152 valence electrons. The second-order valence-electron chi connectivity index (χ2n) is 6.92. The van der Waals surface area contributed by atoms with Crippen LogP contribution in [0.5, 0.6) is 11.5 Å². The van der Waals surface area contributed by atoms with Gasteiger partial charge in [0.05, 0.1) is 6.61 Å². The molecule has 0 spiro atoms. The number of para-hydroxylation sites is 1. The smallest absolute Gasteiger partial charge is 0.252 e. The molecule has 0 aliphatic carbocycles. The molecule has 0 radical (unpaired) electrons. The van der Waals surface area contributed by atoms with E-state index in [1.165, 1.54) is 0 Å². The maximum absolute atomic E-state index is 12.8. The summed E-state index contributed by atoms with van der Waals surface area (Å²) in [7, 11) is 0. The van der Waals surface area contributed by atoms with E-state index in [9.17, 15) is 14.7 Å². The Morgan fingerprint density at radius 3 is 2.45 bits per heavy atom. The van der Waals surface area contributed by atoms with E-state index in [0.717, 1.165) is 5.69 Å². The average Bonchev–Trinajstić information content (AvgIpc) is 3.25. The second kappa shape index (κ2) is 8.40. The van der Waals surface area contributed by atoms with Crippen LogP contribution in [0.1, 0.15) is 10.4 Å². The minimum atomic E-state index is -0.990. The molecule has 1 atom stereocenters. The third-order valence-electron chi connectivity index (χ3n) is 5.13. The number of aliphatic hydroxyl groups excluding tert-OH is 1.